The highest BCUT2D eigenvalue weighted by Gasteiger charge is 2.29. The Hall–Kier alpha value is -2.91. The van der Waals surface area contributed by atoms with Crippen LogP contribution in [0, 0.1) is 13.8 Å². The van der Waals surface area contributed by atoms with Gasteiger partial charge in [0.05, 0.1) is 22.8 Å². The molecule has 1 amide bonds. The molecule has 158 valence electrons. The van der Waals surface area contributed by atoms with Gasteiger partial charge in [-0.15, -0.1) is 0 Å². The Kier molecular flexibility index (Phi) is 5.25. The molecule has 0 unspecified atom stereocenters. The second-order valence-corrected chi connectivity index (χ2v) is 9.47. The highest BCUT2D eigenvalue weighted by atomic mass is 32.2. The third-order valence-corrected chi connectivity index (χ3v) is 7.31. The molecule has 0 saturated carbocycles. The van der Waals surface area contributed by atoms with E-state index in [1.54, 1.807) is 16.3 Å². The van der Waals surface area contributed by atoms with Crippen LogP contribution in [-0.2, 0) is 17.1 Å². The molecule has 8 nitrogen and oxygen atoms in total. The van der Waals surface area contributed by atoms with E-state index in [1.165, 1.54) is 16.6 Å². The maximum absolute atomic E-state index is 13.0. The van der Waals surface area contributed by atoms with Gasteiger partial charge in [0.25, 0.3) is 5.91 Å². The number of para-hydroxylation sites is 1. The Morgan fingerprint density at radius 3 is 2.43 bits per heavy atom. The number of benzene rings is 1. The van der Waals surface area contributed by atoms with Crippen LogP contribution in [0.4, 0.5) is 5.69 Å². The van der Waals surface area contributed by atoms with Crippen LogP contribution in [0.5, 0.6) is 0 Å². The quantitative estimate of drug-likeness (QED) is 0.678. The first kappa shape index (κ1) is 20.4. The Bertz CT molecular complexity index is 1190. The molecule has 1 aliphatic heterocycles. The fourth-order valence-electron chi connectivity index (χ4n) is 3.80. The van der Waals surface area contributed by atoms with Crippen molar-refractivity contribution in [3.05, 3.63) is 59.7 Å². The second-order valence-electron chi connectivity index (χ2n) is 7.53. The summed E-state index contributed by atoms with van der Waals surface area (Å²) in [6.07, 6.45) is 3.22. The summed E-state index contributed by atoms with van der Waals surface area (Å²) in [5, 5.41) is 7.45. The predicted octanol–water partition coefficient (Wildman–Crippen LogP) is 2.86. The molecule has 3 aromatic rings. The molecule has 0 atom stereocenters. The van der Waals surface area contributed by atoms with Gasteiger partial charge in [-0.3, -0.25) is 4.79 Å². The van der Waals surface area contributed by atoms with E-state index >= 15 is 0 Å². The number of anilines is 1. The summed E-state index contributed by atoms with van der Waals surface area (Å²) >= 11 is 0. The number of aryl methyl sites for hydroxylation is 2. The molecule has 0 spiro atoms. The highest BCUT2D eigenvalue weighted by Crippen LogP contribution is 2.25. The molecular weight excluding hydrogens is 402 g/mol. The average molecular weight is 428 g/mol. The van der Waals surface area contributed by atoms with Gasteiger partial charge < -0.3 is 9.88 Å². The first-order valence-corrected chi connectivity index (χ1v) is 11.3. The third-order valence-electron chi connectivity index (χ3n) is 5.45. The zero-order chi connectivity index (χ0) is 21.5. The lowest BCUT2D eigenvalue weighted by atomic mass is 10.2. The van der Waals surface area contributed by atoms with Crippen molar-refractivity contribution in [2.75, 3.05) is 18.4 Å². The van der Waals surface area contributed by atoms with Crippen LogP contribution in [0.2, 0.25) is 0 Å². The first-order chi connectivity index (χ1) is 14.3. The van der Waals surface area contributed by atoms with Crippen molar-refractivity contribution in [1.82, 2.24) is 18.7 Å². The van der Waals surface area contributed by atoms with Gasteiger partial charge in [-0.2, -0.15) is 9.40 Å². The molecule has 9 heteroatoms. The molecule has 4 rings (SSSR count). The lowest BCUT2D eigenvalue weighted by molar-refractivity contribution is 0.101. The van der Waals surface area contributed by atoms with Gasteiger partial charge in [-0.1, -0.05) is 18.2 Å². The van der Waals surface area contributed by atoms with Crippen molar-refractivity contribution < 1.29 is 13.2 Å². The molecular formula is C21H25N5O3S. The number of hydrogen-bond acceptors (Lipinski definition) is 4. The zero-order valence-electron chi connectivity index (χ0n) is 17.3. The Balaban J connectivity index is 1.61. The van der Waals surface area contributed by atoms with E-state index in [9.17, 15) is 13.2 Å². The van der Waals surface area contributed by atoms with Crippen molar-refractivity contribution in [2.24, 2.45) is 7.05 Å². The van der Waals surface area contributed by atoms with Crippen LogP contribution in [0.15, 0.2) is 47.5 Å². The highest BCUT2D eigenvalue weighted by molar-refractivity contribution is 7.89. The SMILES string of the molecule is Cc1nn(-c2ccccc2)c(C)c1NC(=O)c1cc(S(=O)(=O)N2CCCC2)cn1C. The Labute approximate surface area is 176 Å². The van der Waals surface area contributed by atoms with Gasteiger partial charge in [0.15, 0.2) is 0 Å². The summed E-state index contributed by atoms with van der Waals surface area (Å²) in [7, 11) is -1.91. The smallest absolute Gasteiger partial charge is 0.272 e. The number of carbonyl (C=O) groups is 1. The van der Waals surface area contributed by atoms with E-state index in [0.29, 0.717) is 24.5 Å². The van der Waals surface area contributed by atoms with Gasteiger partial charge in [-0.05, 0) is 44.9 Å². The standard InChI is InChI=1S/C21H25N5O3S/c1-15-20(16(2)26(23-15)17-9-5-4-6-10-17)22-21(27)19-13-18(14-24(19)3)30(28,29)25-11-7-8-12-25/h4-6,9-10,13-14H,7-8,11-12H2,1-3H3,(H,22,27). The maximum atomic E-state index is 13.0. The first-order valence-electron chi connectivity index (χ1n) is 9.88. The van der Waals surface area contributed by atoms with Gasteiger partial charge in [0.2, 0.25) is 10.0 Å². The molecule has 1 saturated heterocycles. The van der Waals surface area contributed by atoms with Gasteiger partial charge in [0.1, 0.15) is 10.6 Å². The fourth-order valence-corrected chi connectivity index (χ4v) is 5.39. The zero-order valence-corrected chi connectivity index (χ0v) is 18.1. The third kappa shape index (κ3) is 3.54. The minimum atomic E-state index is -3.58. The summed E-state index contributed by atoms with van der Waals surface area (Å²) in [6.45, 7) is 4.76. The predicted molar refractivity (Wildman–Crippen MR) is 114 cm³/mol. The van der Waals surface area contributed by atoms with E-state index in [0.717, 1.165) is 24.2 Å². The number of amides is 1. The molecule has 0 radical (unpaired) electrons. The van der Waals surface area contributed by atoms with Crippen molar-refractivity contribution in [3.63, 3.8) is 0 Å². The number of nitrogens with one attached hydrogen (secondary N) is 1. The topological polar surface area (TPSA) is 89.2 Å². The van der Waals surface area contributed by atoms with Crippen LogP contribution < -0.4 is 5.32 Å². The lowest BCUT2D eigenvalue weighted by Crippen LogP contribution is -2.27. The van der Waals surface area contributed by atoms with Gasteiger partial charge in [0, 0.05) is 26.3 Å². The lowest BCUT2D eigenvalue weighted by Gasteiger charge is -2.13. The largest absolute Gasteiger partial charge is 0.345 e. The van der Waals surface area contributed by atoms with Crippen molar-refractivity contribution in [3.8, 4) is 5.69 Å². The van der Waals surface area contributed by atoms with Crippen LogP contribution in [-0.4, -0.2) is 46.1 Å². The Morgan fingerprint density at radius 2 is 1.77 bits per heavy atom. The van der Waals surface area contributed by atoms with Crippen LogP contribution >= 0.6 is 0 Å². The van der Waals surface area contributed by atoms with Crippen molar-refractivity contribution in [2.45, 2.75) is 31.6 Å². The summed E-state index contributed by atoms with van der Waals surface area (Å²) in [5.74, 6) is -0.376. The van der Waals surface area contributed by atoms with E-state index in [-0.39, 0.29) is 16.5 Å². The molecule has 1 N–H and O–H groups in total. The molecule has 30 heavy (non-hydrogen) atoms. The van der Waals surface area contributed by atoms with E-state index < -0.39 is 10.0 Å². The number of sulfonamides is 1. The minimum absolute atomic E-state index is 0.144. The number of nitrogens with zero attached hydrogens (tertiary/aromatic N) is 4. The molecule has 1 fully saturated rings. The van der Waals surface area contributed by atoms with E-state index in [1.807, 2.05) is 44.2 Å². The van der Waals surface area contributed by atoms with E-state index in [4.69, 9.17) is 0 Å². The summed E-state index contributed by atoms with van der Waals surface area (Å²) in [6, 6.07) is 11.1. The molecule has 1 aliphatic rings. The van der Waals surface area contributed by atoms with Crippen LogP contribution in [0.25, 0.3) is 5.69 Å². The van der Waals surface area contributed by atoms with Crippen molar-refractivity contribution >= 4 is 21.6 Å². The van der Waals surface area contributed by atoms with Gasteiger partial charge in [-0.25, -0.2) is 13.1 Å². The number of rotatable bonds is 5. The van der Waals surface area contributed by atoms with Crippen LogP contribution in [0.1, 0.15) is 34.7 Å². The van der Waals surface area contributed by atoms with E-state index in [2.05, 4.69) is 10.4 Å². The number of hydrogen-bond donors (Lipinski definition) is 1. The molecule has 1 aromatic carbocycles. The minimum Gasteiger partial charge on any atom is -0.345 e. The van der Waals surface area contributed by atoms with Gasteiger partial charge >= 0.3 is 0 Å². The maximum Gasteiger partial charge on any atom is 0.272 e. The fraction of sp³-hybridized carbons (Fsp3) is 0.333. The van der Waals surface area contributed by atoms with Crippen LogP contribution in [0.3, 0.4) is 0 Å². The molecule has 3 heterocycles. The summed E-state index contributed by atoms with van der Waals surface area (Å²) in [5.41, 5.74) is 3.28. The van der Waals surface area contributed by atoms with Crippen molar-refractivity contribution in [1.29, 1.82) is 0 Å². The monoisotopic (exact) mass is 427 g/mol. The second kappa shape index (κ2) is 7.73. The number of aromatic nitrogens is 3. The average Bonchev–Trinajstić information content (AvgIpc) is 3.45. The Morgan fingerprint density at radius 1 is 1.10 bits per heavy atom. The normalized spacial score (nSPS) is 14.9. The molecule has 0 aliphatic carbocycles. The molecule has 0 bridgehead atoms. The number of carbonyl (C=O) groups excluding carboxylic acids is 1. The summed E-state index contributed by atoms with van der Waals surface area (Å²) in [4.78, 5) is 13.1. The summed E-state index contributed by atoms with van der Waals surface area (Å²) < 4.78 is 30.4. The molecule has 2 aromatic heterocycles.